The van der Waals surface area contributed by atoms with Gasteiger partial charge in [-0.3, -0.25) is 9.69 Å². The number of benzene rings is 2. The van der Waals surface area contributed by atoms with Gasteiger partial charge in [-0.1, -0.05) is 42.8 Å². The first-order chi connectivity index (χ1) is 15.2. The molecule has 162 valence electrons. The van der Waals surface area contributed by atoms with Crippen LogP contribution in [0.3, 0.4) is 0 Å². The first-order valence-corrected chi connectivity index (χ1v) is 10.9. The van der Waals surface area contributed by atoms with Crippen molar-refractivity contribution in [1.29, 1.82) is 0 Å². The third-order valence-corrected chi connectivity index (χ3v) is 5.80. The van der Waals surface area contributed by atoms with Gasteiger partial charge in [-0.15, -0.1) is 0 Å². The maximum Gasteiger partial charge on any atom is 0.241 e. The highest BCUT2D eigenvalue weighted by molar-refractivity contribution is 5.95. The number of nitrogens with zero attached hydrogens (tertiary/aromatic N) is 4. The molecule has 1 unspecified atom stereocenters. The van der Waals surface area contributed by atoms with Crippen molar-refractivity contribution in [3.63, 3.8) is 0 Å². The summed E-state index contributed by atoms with van der Waals surface area (Å²) in [6, 6.07) is 22.5. The van der Waals surface area contributed by atoms with E-state index in [-0.39, 0.29) is 5.91 Å². The van der Waals surface area contributed by atoms with Crippen molar-refractivity contribution >= 4 is 11.6 Å². The summed E-state index contributed by atoms with van der Waals surface area (Å²) in [6.07, 6.45) is 6.16. The maximum atomic E-state index is 12.7. The second-order valence-electron chi connectivity index (χ2n) is 7.99. The maximum absolute atomic E-state index is 12.7. The van der Waals surface area contributed by atoms with Crippen LogP contribution in [0, 0.1) is 0 Å². The number of hydrogen-bond acceptors (Lipinski definition) is 4. The van der Waals surface area contributed by atoms with Gasteiger partial charge in [0.1, 0.15) is 0 Å². The quantitative estimate of drug-likeness (QED) is 0.495. The number of carbonyl (C=O) groups excluding carboxylic acids is 1. The van der Waals surface area contributed by atoms with Crippen molar-refractivity contribution in [3.05, 3.63) is 78.6 Å². The summed E-state index contributed by atoms with van der Waals surface area (Å²) in [5.41, 5.74) is 3.17. The van der Waals surface area contributed by atoms with Crippen LogP contribution in [-0.2, 0) is 16.0 Å². The number of amides is 1. The molecular formula is C25H30N4O2. The molecule has 0 saturated carbocycles. The molecule has 1 fully saturated rings. The standard InChI is InChI=1S/C25H30N4O2/c1-31-20-27-19-25(30)28(22-11-4-2-5-12-22)18-24(27)15-9-8-10-21-16-17-29(26-21)23-13-6-3-7-14-23/h2-7,11-14,16-17,24H,8-10,15,18-20H2,1H3. The largest absolute Gasteiger partial charge is 0.369 e. The molecule has 1 amide bonds. The van der Waals surface area contributed by atoms with Gasteiger partial charge >= 0.3 is 0 Å². The van der Waals surface area contributed by atoms with Crippen LogP contribution < -0.4 is 4.90 Å². The van der Waals surface area contributed by atoms with Crippen LogP contribution in [0.15, 0.2) is 72.9 Å². The topological polar surface area (TPSA) is 50.6 Å². The van der Waals surface area contributed by atoms with E-state index >= 15 is 0 Å². The Hall–Kier alpha value is -2.96. The first-order valence-electron chi connectivity index (χ1n) is 10.9. The number of hydrogen-bond donors (Lipinski definition) is 0. The normalized spacial score (nSPS) is 17.3. The Labute approximate surface area is 184 Å². The number of piperazine rings is 1. The van der Waals surface area contributed by atoms with Crippen molar-refractivity contribution in [2.24, 2.45) is 0 Å². The molecule has 0 radical (unpaired) electrons. The van der Waals surface area contributed by atoms with E-state index in [1.807, 2.05) is 64.3 Å². The zero-order valence-corrected chi connectivity index (χ0v) is 18.1. The van der Waals surface area contributed by atoms with Gasteiger partial charge in [-0.2, -0.15) is 5.10 Å². The van der Waals surface area contributed by atoms with E-state index in [1.54, 1.807) is 7.11 Å². The average Bonchev–Trinajstić information content (AvgIpc) is 3.28. The third-order valence-electron chi connectivity index (χ3n) is 5.80. The van der Waals surface area contributed by atoms with Gasteiger partial charge in [0, 0.05) is 31.6 Å². The summed E-state index contributed by atoms with van der Waals surface area (Å²) in [4.78, 5) is 16.8. The number of ether oxygens (including phenoxy) is 1. The van der Waals surface area contributed by atoms with E-state index in [4.69, 9.17) is 9.84 Å². The molecule has 6 heteroatoms. The van der Waals surface area contributed by atoms with E-state index in [0.29, 0.717) is 25.9 Å². The van der Waals surface area contributed by atoms with E-state index in [2.05, 4.69) is 23.1 Å². The van der Waals surface area contributed by atoms with Crippen LogP contribution in [0.5, 0.6) is 0 Å². The van der Waals surface area contributed by atoms with Crippen molar-refractivity contribution < 1.29 is 9.53 Å². The molecule has 1 aliphatic rings. The molecule has 0 aliphatic carbocycles. The Morgan fingerprint density at radius 2 is 1.68 bits per heavy atom. The Morgan fingerprint density at radius 3 is 2.39 bits per heavy atom. The molecule has 1 aromatic heterocycles. The van der Waals surface area contributed by atoms with Crippen LogP contribution in [0.2, 0.25) is 0 Å². The predicted octanol–water partition coefficient (Wildman–Crippen LogP) is 3.91. The van der Waals surface area contributed by atoms with E-state index in [0.717, 1.165) is 42.8 Å². The minimum Gasteiger partial charge on any atom is -0.369 e. The average molecular weight is 419 g/mol. The van der Waals surface area contributed by atoms with Gasteiger partial charge < -0.3 is 9.64 Å². The van der Waals surface area contributed by atoms with Crippen LogP contribution >= 0.6 is 0 Å². The third kappa shape index (κ3) is 5.40. The Kier molecular flexibility index (Phi) is 7.12. The number of aryl methyl sites for hydroxylation is 1. The molecular weight excluding hydrogens is 388 g/mol. The monoisotopic (exact) mass is 418 g/mol. The molecule has 4 rings (SSSR count). The minimum atomic E-state index is 0.131. The van der Waals surface area contributed by atoms with Crippen LogP contribution in [0.1, 0.15) is 25.0 Å². The summed E-state index contributed by atoms with van der Waals surface area (Å²) in [6.45, 7) is 1.59. The second kappa shape index (κ2) is 10.4. The molecule has 0 spiro atoms. The van der Waals surface area contributed by atoms with E-state index in [1.165, 1.54) is 0 Å². The van der Waals surface area contributed by atoms with E-state index in [9.17, 15) is 4.79 Å². The number of unbranched alkanes of at least 4 members (excludes halogenated alkanes) is 1. The number of aromatic nitrogens is 2. The van der Waals surface area contributed by atoms with Gasteiger partial charge in [0.25, 0.3) is 0 Å². The van der Waals surface area contributed by atoms with Crippen molar-refractivity contribution in [2.75, 3.05) is 31.8 Å². The van der Waals surface area contributed by atoms with Crippen LogP contribution in [-0.4, -0.2) is 53.6 Å². The lowest BCUT2D eigenvalue weighted by molar-refractivity contribution is -0.124. The molecule has 0 bridgehead atoms. The number of methoxy groups -OCH3 is 1. The molecule has 0 N–H and O–H groups in total. The predicted molar refractivity (Wildman–Crippen MR) is 122 cm³/mol. The lowest BCUT2D eigenvalue weighted by atomic mass is 10.0. The Morgan fingerprint density at radius 1 is 0.968 bits per heavy atom. The van der Waals surface area contributed by atoms with Gasteiger partial charge in [-0.05, 0) is 49.6 Å². The Bertz CT molecular complexity index is 958. The van der Waals surface area contributed by atoms with Gasteiger partial charge in [0.05, 0.1) is 24.7 Å². The summed E-state index contributed by atoms with van der Waals surface area (Å²) in [5, 5.41) is 4.70. The number of carbonyl (C=O) groups is 1. The highest BCUT2D eigenvalue weighted by Gasteiger charge is 2.32. The molecule has 6 nitrogen and oxygen atoms in total. The Balaban J connectivity index is 1.32. The summed E-state index contributed by atoms with van der Waals surface area (Å²) in [5.74, 6) is 0.131. The van der Waals surface area contributed by atoms with Crippen molar-refractivity contribution in [2.45, 2.75) is 31.7 Å². The summed E-state index contributed by atoms with van der Waals surface area (Å²) < 4.78 is 7.29. The highest BCUT2D eigenvalue weighted by Crippen LogP contribution is 2.22. The number of anilines is 1. The fraction of sp³-hybridized carbons (Fsp3) is 0.360. The SMILES string of the molecule is COCN1CC(=O)N(c2ccccc2)CC1CCCCc1ccn(-c2ccccc2)n1. The van der Waals surface area contributed by atoms with Crippen molar-refractivity contribution in [1.82, 2.24) is 14.7 Å². The molecule has 1 atom stereocenters. The van der Waals surface area contributed by atoms with Gasteiger partial charge in [0.15, 0.2) is 0 Å². The summed E-state index contributed by atoms with van der Waals surface area (Å²) >= 11 is 0. The number of para-hydroxylation sites is 2. The first kappa shape index (κ1) is 21.3. The number of rotatable bonds is 9. The highest BCUT2D eigenvalue weighted by atomic mass is 16.5. The fourth-order valence-electron chi connectivity index (χ4n) is 4.17. The molecule has 1 saturated heterocycles. The zero-order valence-electron chi connectivity index (χ0n) is 18.1. The smallest absolute Gasteiger partial charge is 0.241 e. The van der Waals surface area contributed by atoms with Gasteiger partial charge in [-0.25, -0.2) is 4.68 Å². The second-order valence-corrected chi connectivity index (χ2v) is 7.99. The van der Waals surface area contributed by atoms with Crippen molar-refractivity contribution in [3.8, 4) is 5.69 Å². The molecule has 2 aromatic carbocycles. The van der Waals surface area contributed by atoms with E-state index < -0.39 is 0 Å². The molecule has 1 aliphatic heterocycles. The lowest BCUT2D eigenvalue weighted by Crippen LogP contribution is -2.56. The zero-order chi connectivity index (χ0) is 21.5. The lowest BCUT2D eigenvalue weighted by Gasteiger charge is -2.40. The minimum absolute atomic E-state index is 0.131. The fourth-order valence-corrected chi connectivity index (χ4v) is 4.17. The molecule has 3 aromatic rings. The van der Waals surface area contributed by atoms with Crippen LogP contribution in [0.4, 0.5) is 5.69 Å². The van der Waals surface area contributed by atoms with Crippen LogP contribution in [0.25, 0.3) is 5.69 Å². The molecule has 2 heterocycles. The van der Waals surface area contributed by atoms with Gasteiger partial charge in [0.2, 0.25) is 5.91 Å². The molecule has 31 heavy (non-hydrogen) atoms. The summed E-state index contributed by atoms with van der Waals surface area (Å²) in [7, 11) is 1.69.